The molecule has 0 bridgehead atoms. The highest BCUT2D eigenvalue weighted by atomic mass is 32.1. The zero-order valence-corrected chi connectivity index (χ0v) is 16.1. The molecule has 27 heavy (non-hydrogen) atoms. The third-order valence-corrected chi connectivity index (χ3v) is 4.40. The van der Waals surface area contributed by atoms with Crippen LogP contribution in [-0.2, 0) is 0 Å². The lowest BCUT2D eigenvalue weighted by molar-refractivity contribution is 0.414. The molecule has 0 aliphatic carbocycles. The number of rotatable bonds is 6. The van der Waals surface area contributed by atoms with Crippen LogP contribution in [0.1, 0.15) is 17.2 Å². The van der Waals surface area contributed by atoms with Crippen LogP contribution < -0.4 is 20.1 Å². The summed E-state index contributed by atoms with van der Waals surface area (Å²) in [4.78, 5) is 0. The molecule has 2 N–H and O–H groups in total. The van der Waals surface area contributed by atoms with Crippen LogP contribution in [-0.4, -0.2) is 19.3 Å². The number of nitrogens with one attached hydrogen (secondary N) is 2. The largest absolute Gasteiger partial charge is 0.497 e. The topological polar surface area (TPSA) is 42.5 Å². The quantitative estimate of drug-likeness (QED) is 0.604. The number of benzene rings is 3. The van der Waals surface area contributed by atoms with Gasteiger partial charge in [0, 0.05) is 11.8 Å². The van der Waals surface area contributed by atoms with Crippen molar-refractivity contribution < 1.29 is 9.47 Å². The second kappa shape index (κ2) is 9.05. The van der Waals surface area contributed by atoms with Gasteiger partial charge < -0.3 is 20.1 Å². The van der Waals surface area contributed by atoms with Crippen LogP contribution in [0, 0.1) is 0 Å². The van der Waals surface area contributed by atoms with Gasteiger partial charge in [0.25, 0.3) is 0 Å². The molecular formula is C22H22N2O2S. The van der Waals surface area contributed by atoms with E-state index in [9.17, 15) is 0 Å². The number of anilines is 1. The third kappa shape index (κ3) is 4.99. The van der Waals surface area contributed by atoms with E-state index in [1.54, 1.807) is 14.2 Å². The molecule has 1 atom stereocenters. The maximum Gasteiger partial charge on any atom is 0.171 e. The van der Waals surface area contributed by atoms with Crippen molar-refractivity contribution >= 4 is 23.0 Å². The molecule has 0 aliphatic rings. The van der Waals surface area contributed by atoms with E-state index in [4.69, 9.17) is 21.7 Å². The Morgan fingerprint density at radius 3 is 2.11 bits per heavy atom. The van der Waals surface area contributed by atoms with Crippen molar-refractivity contribution in [2.24, 2.45) is 0 Å². The van der Waals surface area contributed by atoms with Gasteiger partial charge in [-0.15, -0.1) is 0 Å². The van der Waals surface area contributed by atoms with Gasteiger partial charge in [-0.1, -0.05) is 48.5 Å². The monoisotopic (exact) mass is 378 g/mol. The Labute approximate surface area is 165 Å². The van der Waals surface area contributed by atoms with E-state index in [0.29, 0.717) is 5.11 Å². The molecule has 0 heterocycles. The van der Waals surface area contributed by atoms with E-state index in [-0.39, 0.29) is 6.04 Å². The van der Waals surface area contributed by atoms with Crippen molar-refractivity contribution in [1.29, 1.82) is 0 Å². The van der Waals surface area contributed by atoms with Crippen LogP contribution in [0.15, 0.2) is 78.9 Å². The van der Waals surface area contributed by atoms with Gasteiger partial charge in [-0.2, -0.15) is 0 Å². The summed E-state index contributed by atoms with van der Waals surface area (Å²) in [5.41, 5.74) is 3.09. The second-order valence-electron chi connectivity index (χ2n) is 5.95. The standard InChI is InChI=1S/C22H22N2O2S/c1-25-19-13-11-17(12-14-19)21(16-7-4-3-5-8-16)24-22(27)23-18-9-6-10-20(15-18)26-2/h3-15,21H,1-2H3,(H2,23,24,27)/t21-/m0/s1. The normalized spacial score (nSPS) is 11.3. The fraction of sp³-hybridized carbons (Fsp3) is 0.136. The van der Waals surface area contributed by atoms with Crippen molar-refractivity contribution in [2.45, 2.75) is 6.04 Å². The summed E-state index contributed by atoms with van der Waals surface area (Å²) in [6.45, 7) is 0. The summed E-state index contributed by atoms with van der Waals surface area (Å²) in [7, 11) is 3.31. The molecule has 0 saturated heterocycles. The van der Waals surface area contributed by atoms with Gasteiger partial charge in [0.1, 0.15) is 11.5 Å². The average Bonchev–Trinajstić information content (AvgIpc) is 2.73. The van der Waals surface area contributed by atoms with Crippen molar-refractivity contribution in [2.75, 3.05) is 19.5 Å². The van der Waals surface area contributed by atoms with Gasteiger partial charge in [-0.25, -0.2) is 0 Å². The SMILES string of the molecule is COc1ccc([C@@H](NC(=S)Nc2cccc(OC)c2)c2ccccc2)cc1. The fourth-order valence-corrected chi connectivity index (χ4v) is 3.04. The first-order chi connectivity index (χ1) is 13.2. The van der Waals surface area contributed by atoms with E-state index < -0.39 is 0 Å². The first-order valence-corrected chi connectivity index (χ1v) is 9.01. The summed E-state index contributed by atoms with van der Waals surface area (Å²) in [5.74, 6) is 1.60. The van der Waals surface area contributed by atoms with Crippen LogP contribution >= 0.6 is 12.2 Å². The molecule has 0 fully saturated rings. The number of methoxy groups -OCH3 is 2. The molecule has 0 saturated carbocycles. The number of hydrogen-bond acceptors (Lipinski definition) is 3. The van der Waals surface area contributed by atoms with Crippen LogP contribution in [0.4, 0.5) is 5.69 Å². The van der Waals surface area contributed by atoms with Crippen LogP contribution in [0.25, 0.3) is 0 Å². The summed E-state index contributed by atoms with van der Waals surface area (Å²) >= 11 is 5.55. The Bertz CT molecular complexity index is 882. The minimum Gasteiger partial charge on any atom is -0.497 e. The zero-order valence-electron chi connectivity index (χ0n) is 15.3. The van der Waals surface area contributed by atoms with Crippen LogP contribution in [0.3, 0.4) is 0 Å². The number of thiocarbonyl (C=S) groups is 1. The molecule has 0 aromatic heterocycles. The van der Waals surface area contributed by atoms with Crippen LogP contribution in [0.5, 0.6) is 11.5 Å². The third-order valence-electron chi connectivity index (χ3n) is 4.19. The Morgan fingerprint density at radius 1 is 0.778 bits per heavy atom. The summed E-state index contributed by atoms with van der Waals surface area (Å²) in [5, 5.41) is 7.17. The Kier molecular flexibility index (Phi) is 6.28. The molecule has 3 aromatic rings. The molecule has 3 aromatic carbocycles. The lowest BCUT2D eigenvalue weighted by atomic mass is 9.99. The lowest BCUT2D eigenvalue weighted by Crippen LogP contribution is -2.33. The highest BCUT2D eigenvalue weighted by Crippen LogP contribution is 2.24. The van der Waals surface area contributed by atoms with Gasteiger partial charge in [-0.3, -0.25) is 0 Å². The highest BCUT2D eigenvalue weighted by molar-refractivity contribution is 7.80. The number of hydrogen-bond donors (Lipinski definition) is 2. The van der Waals surface area contributed by atoms with E-state index >= 15 is 0 Å². The molecule has 3 rings (SSSR count). The van der Waals surface area contributed by atoms with E-state index in [2.05, 4.69) is 22.8 Å². The molecule has 0 radical (unpaired) electrons. The second-order valence-corrected chi connectivity index (χ2v) is 6.36. The van der Waals surface area contributed by atoms with E-state index in [1.807, 2.05) is 66.7 Å². The molecule has 4 nitrogen and oxygen atoms in total. The van der Waals surface area contributed by atoms with E-state index in [0.717, 1.165) is 28.3 Å². The smallest absolute Gasteiger partial charge is 0.171 e. The van der Waals surface area contributed by atoms with Gasteiger partial charge in [0.05, 0.1) is 20.3 Å². The van der Waals surface area contributed by atoms with Gasteiger partial charge >= 0.3 is 0 Å². The minimum atomic E-state index is -0.0808. The molecule has 0 unspecified atom stereocenters. The predicted molar refractivity (Wildman–Crippen MR) is 114 cm³/mol. The highest BCUT2D eigenvalue weighted by Gasteiger charge is 2.15. The maximum atomic E-state index is 5.55. The first-order valence-electron chi connectivity index (χ1n) is 8.60. The Balaban J connectivity index is 1.81. The summed E-state index contributed by atoms with van der Waals surface area (Å²) in [6, 6.07) is 25.8. The van der Waals surface area contributed by atoms with Crippen molar-refractivity contribution in [1.82, 2.24) is 5.32 Å². The predicted octanol–water partition coefficient (Wildman–Crippen LogP) is 4.78. The van der Waals surface area contributed by atoms with Crippen LogP contribution in [0.2, 0.25) is 0 Å². The number of ether oxygens (including phenoxy) is 2. The van der Waals surface area contributed by atoms with Crippen molar-refractivity contribution in [3.63, 3.8) is 0 Å². The fourth-order valence-electron chi connectivity index (χ4n) is 2.80. The molecule has 0 aliphatic heterocycles. The molecule has 5 heteroatoms. The van der Waals surface area contributed by atoms with Crippen molar-refractivity contribution in [3.8, 4) is 11.5 Å². The minimum absolute atomic E-state index is 0.0808. The average molecular weight is 378 g/mol. The van der Waals surface area contributed by atoms with Gasteiger partial charge in [0.2, 0.25) is 0 Å². The Morgan fingerprint density at radius 2 is 1.44 bits per heavy atom. The lowest BCUT2D eigenvalue weighted by Gasteiger charge is -2.22. The molecule has 138 valence electrons. The Hall–Kier alpha value is -3.05. The summed E-state index contributed by atoms with van der Waals surface area (Å²) in [6.07, 6.45) is 0. The van der Waals surface area contributed by atoms with Gasteiger partial charge in [-0.05, 0) is 47.6 Å². The van der Waals surface area contributed by atoms with Crippen molar-refractivity contribution in [3.05, 3.63) is 90.0 Å². The van der Waals surface area contributed by atoms with Gasteiger partial charge in [0.15, 0.2) is 5.11 Å². The molecule has 0 amide bonds. The molecule has 0 spiro atoms. The van der Waals surface area contributed by atoms with E-state index in [1.165, 1.54) is 0 Å². The summed E-state index contributed by atoms with van der Waals surface area (Å²) < 4.78 is 10.5. The zero-order chi connectivity index (χ0) is 19.1. The molecular weight excluding hydrogens is 356 g/mol. The first kappa shape index (κ1) is 18.7. The maximum absolute atomic E-state index is 5.55.